The van der Waals surface area contributed by atoms with Gasteiger partial charge in [-0.05, 0) is 25.5 Å². The molecule has 0 saturated carbocycles. The molecule has 0 spiro atoms. The molecule has 0 aromatic carbocycles. The van der Waals surface area contributed by atoms with Crippen LogP contribution in [0.25, 0.3) is 0 Å². The van der Waals surface area contributed by atoms with Crippen LogP contribution in [0.4, 0.5) is 11.6 Å². The second-order valence-corrected chi connectivity index (χ2v) is 3.82. The third-order valence-corrected chi connectivity index (χ3v) is 2.31. The van der Waals surface area contributed by atoms with Gasteiger partial charge in [0.2, 0.25) is 5.91 Å². The van der Waals surface area contributed by atoms with E-state index in [1.54, 1.807) is 14.0 Å². The summed E-state index contributed by atoms with van der Waals surface area (Å²) in [6, 6.07) is 5.36. The molecule has 1 atom stereocenters. The van der Waals surface area contributed by atoms with Crippen molar-refractivity contribution >= 4 is 17.5 Å². The van der Waals surface area contributed by atoms with E-state index in [9.17, 15) is 4.79 Å². The summed E-state index contributed by atoms with van der Waals surface area (Å²) in [5, 5.41) is 8.83. The summed E-state index contributed by atoms with van der Waals surface area (Å²) < 4.78 is 0. The Labute approximate surface area is 102 Å². The van der Waals surface area contributed by atoms with Gasteiger partial charge in [0.25, 0.3) is 0 Å². The Morgan fingerprint density at radius 1 is 1.41 bits per heavy atom. The molecule has 1 aromatic heterocycles. The average Bonchev–Trinajstić information content (AvgIpc) is 2.35. The quantitative estimate of drug-likeness (QED) is 0.699. The van der Waals surface area contributed by atoms with Crippen molar-refractivity contribution < 1.29 is 4.79 Å². The fourth-order valence-corrected chi connectivity index (χ4v) is 1.37. The molecule has 0 radical (unpaired) electrons. The topological polar surface area (TPSA) is 66.0 Å². The van der Waals surface area contributed by atoms with Crippen LogP contribution in [-0.4, -0.2) is 30.5 Å². The summed E-state index contributed by atoms with van der Waals surface area (Å²) in [6.07, 6.45) is 1.05. The Kier molecular flexibility index (Phi) is 5.26. The van der Waals surface area contributed by atoms with Crippen LogP contribution in [0, 0.1) is 0 Å². The molecule has 3 N–H and O–H groups in total. The smallest absolute Gasteiger partial charge is 0.241 e. The highest BCUT2D eigenvalue weighted by molar-refractivity contribution is 5.83. The van der Waals surface area contributed by atoms with Crippen molar-refractivity contribution in [2.24, 2.45) is 0 Å². The summed E-state index contributed by atoms with van der Waals surface area (Å²) >= 11 is 0. The van der Waals surface area contributed by atoms with Gasteiger partial charge in [-0.1, -0.05) is 13.0 Å². The first-order valence-corrected chi connectivity index (χ1v) is 5.86. The summed E-state index contributed by atoms with van der Waals surface area (Å²) in [5.41, 5.74) is 0. The SMILES string of the molecule is CCCNc1cccc(NC(C)C(=O)NC)n1. The van der Waals surface area contributed by atoms with Gasteiger partial charge in [0.1, 0.15) is 17.7 Å². The number of likely N-dealkylation sites (N-methyl/N-ethyl adjacent to an activating group) is 1. The molecular formula is C12H20N4O. The Balaban J connectivity index is 2.62. The largest absolute Gasteiger partial charge is 0.370 e. The fourth-order valence-electron chi connectivity index (χ4n) is 1.37. The van der Waals surface area contributed by atoms with Crippen LogP contribution >= 0.6 is 0 Å². The van der Waals surface area contributed by atoms with Gasteiger partial charge in [-0.3, -0.25) is 4.79 Å². The third-order valence-electron chi connectivity index (χ3n) is 2.31. The summed E-state index contributed by atoms with van der Waals surface area (Å²) in [4.78, 5) is 15.7. The number of pyridine rings is 1. The van der Waals surface area contributed by atoms with E-state index in [-0.39, 0.29) is 11.9 Å². The van der Waals surface area contributed by atoms with E-state index >= 15 is 0 Å². The molecule has 0 saturated heterocycles. The lowest BCUT2D eigenvalue weighted by atomic mass is 10.3. The van der Waals surface area contributed by atoms with E-state index < -0.39 is 0 Å². The molecule has 1 heterocycles. The molecular weight excluding hydrogens is 216 g/mol. The predicted molar refractivity (Wildman–Crippen MR) is 70.2 cm³/mol. The second-order valence-electron chi connectivity index (χ2n) is 3.82. The number of hydrogen-bond acceptors (Lipinski definition) is 4. The molecule has 0 aliphatic rings. The van der Waals surface area contributed by atoms with Gasteiger partial charge in [0.15, 0.2) is 0 Å². The Bertz CT molecular complexity index is 367. The third kappa shape index (κ3) is 4.30. The van der Waals surface area contributed by atoms with E-state index in [2.05, 4.69) is 27.9 Å². The van der Waals surface area contributed by atoms with Crippen LogP contribution in [-0.2, 0) is 4.79 Å². The highest BCUT2D eigenvalue weighted by atomic mass is 16.2. The van der Waals surface area contributed by atoms with Crippen LogP contribution in [0.1, 0.15) is 20.3 Å². The van der Waals surface area contributed by atoms with Crippen molar-refractivity contribution in [1.29, 1.82) is 0 Å². The van der Waals surface area contributed by atoms with Gasteiger partial charge in [-0.25, -0.2) is 4.98 Å². The monoisotopic (exact) mass is 236 g/mol. The van der Waals surface area contributed by atoms with Crippen molar-refractivity contribution in [2.75, 3.05) is 24.2 Å². The van der Waals surface area contributed by atoms with Crippen molar-refractivity contribution in [3.8, 4) is 0 Å². The minimum Gasteiger partial charge on any atom is -0.370 e. The maximum absolute atomic E-state index is 11.4. The number of anilines is 2. The van der Waals surface area contributed by atoms with Crippen LogP contribution in [0.5, 0.6) is 0 Å². The molecule has 5 heteroatoms. The van der Waals surface area contributed by atoms with Crippen LogP contribution in [0.2, 0.25) is 0 Å². The van der Waals surface area contributed by atoms with Gasteiger partial charge in [0, 0.05) is 13.6 Å². The number of nitrogens with one attached hydrogen (secondary N) is 3. The minimum atomic E-state index is -0.297. The number of carbonyl (C=O) groups is 1. The predicted octanol–water partition coefficient (Wildman–Crippen LogP) is 1.45. The highest BCUT2D eigenvalue weighted by Crippen LogP contribution is 2.10. The maximum atomic E-state index is 11.4. The van der Waals surface area contributed by atoms with Crippen molar-refractivity contribution in [2.45, 2.75) is 26.3 Å². The molecule has 0 fully saturated rings. The van der Waals surface area contributed by atoms with Gasteiger partial charge < -0.3 is 16.0 Å². The lowest BCUT2D eigenvalue weighted by Gasteiger charge is -2.13. The number of rotatable bonds is 6. The number of carbonyl (C=O) groups excluding carboxylic acids is 1. The molecule has 5 nitrogen and oxygen atoms in total. The number of amides is 1. The number of aromatic nitrogens is 1. The second kappa shape index (κ2) is 6.73. The van der Waals surface area contributed by atoms with Gasteiger partial charge in [0.05, 0.1) is 0 Å². The van der Waals surface area contributed by atoms with Crippen LogP contribution in [0.3, 0.4) is 0 Å². The van der Waals surface area contributed by atoms with Crippen molar-refractivity contribution in [3.63, 3.8) is 0 Å². The zero-order valence-corrected chi connectivity index (χ0v) is 10.6. The molecule has 0 bridgehead atoms. The van der Waals surface area contributed by atoms with E-state index in [0.29, 0.717) is 5.82 Å². The molecule has 1 unspecified atom stereocenters. The lowest BCUT2D eigenvalue weighted by molar-refractivity contribution is -0.121. The maximum Gasteiger partial charge on any atom is 0.241 e. The van der Waals surface area contributed by atoms with E-state index in [1.807, 2.05) is 18.2 Å². The fraction of sp³-hybridized carbons (Fsp3) is 0.500. The normalized spacial score (nSPS) is 11.7. The van der Waals surface area contributed by atoms with Crippen LogP contribution in [0.15, 0.2) is 18.2 Å². The first-order valence-electron chi connectivity index (χ1n) is 5.86. The lowest BCUT2D eigenvalue weighted by Crippen LogP contribution is -2.35. The standard InChI is InChI=1S/C12H20N4O/c1-4-8-14-10-6-5-7-11(16-10)15-9(2)12(17)13-3/h5-7,9H,4,8H2,1-3H3,(H,13,17)(H2,14,15,16). The number of nitrogens with zero attached hydrogens (tertiary/aromatic N) is 1. The minimum absolute atomic E-state index is 0.0567. The zero-order valence-electron chi connectivity index (χ0n) is 10.6. The highest BCUT2D eigenvalue weighted by Gasteiger charge is 2.10. The van der Waals surface area contributed by atoms with E-state index in [0.717, 1.165) is 18.8 Å². The summed E-state index contributed by atoms with van der Waals surface area (Å²) in [6.45, 7) is 4.79. The first kappa shape index (κ1) is 13.3. The summed E-state index contributed by atoms with van der Waals surface area (Å²) in [5.74, 6) is 1.46. The molecule has 17 heavy (non-hydrogen) atoms. The Morgan fingerprint density at radius 3 is 2.76 bits per heavy atom. The molecule has 0 aliphatic carbocycles. The first-order chi connectivity index (χ1) is 8.17. The Morgan fingerprint density at radius 2 is 2.12 bits per heavy atom. The van der Waals surface area contributed by atoms with Gasteiger partial charge in [-0.2, -0.15) is 0 Å². The van der Waals surface area contributed by atoms with Gasteiger partial charge >= 0.3 is 0 Å². The van der Waals surface area contributed by atoms with E-state index in [4.69, 9.17) is 0 Å². The molecule has 0 aliphatic heterocycles. The van der Waals surface area contributed by atoms with Gasteiger partial charge in [-0.15, -0.1) is 0 Å². The van der Waals surface area contributed by atoms with Crippen molar-refractivity contribution in [1.82, 2.24) is 10.3 Å². The summed E-state index contributed by atoms with van der Waals surface area (Å²) in [7, 11) is 1.62. The molecule has 1 amide bonds. The molecule has 94 valence electrons. The number of hydrogen-bond donors (Lipinski definition) is 3. The Hall–Kier alpha value is -1.78. The molecule has 1 aromatic rings. The van der Waals surface area contributed by atoms with Crippen molar-refractivity contribution in [3.05, 3.63) is 18.2 Å². The zero-order chi connectivity index (χ0) is 12.7. The average molecular weight is 236 g/mol. The van der Waals surface area contributed by atoms with E-state index in [1.165, 1.54) is 0 Å². The van der Waals surface area contributed by atoms with Crippen LogP contribution < -0.4 is 16.0 Å². The molecule has 1 rings (SSSR count).